The largest absolute Gasteiger partial charge is 0.490 e. The molecule has 0 aliphatic carbocycles. The number of ether oxygens (including phenoxy) is 3. The Bertz CT molecular complexity index is 822. The molecule has 1 saturated heterocycles. The van der Waals surface area contributed by atoms with Crippen molar-refractivity contribution < 1.29 is 19.0 Å². The number of thioether (sulfide) groups is 2. The molecule has 30 heavy (non-hydrogen) atoms. The van der Waals surface area contributed by atoms with Crippen LogP contribution in [0.5, 0.6) is 17.2 Å². The minimum atomic E-state index is -0.172. The molecule has 3 rings (SSSR count). The van der Waals surface area contributed by atoms with Crippen molar-refractivity contribution in [1.29, 1.82) is 0 Å². The maximum absolute atomic E-state index is 12.4. The first-order chi connectivity index (χ1) is 14.6. The molecule has 1 atom stereocenters. The number of hydrogen-bond acceptors (Lipinski definition) is 6. The van der Waals surface area contributed by atoms with Gasteiger partial charge >= 0.3 is 0 Å². The minimum Gasteiger partial charge on any atom is -0.490 e. The Hall–Kier alpha value is -1.99. The summed E-state index contributed by atoms with van der Waals surface area (Å²) in [4.78, 5) is 12.4. The van der Waals surface area contributed by atoms with Gasteiger partial charge in [0.25, 0.3) is 5.91 Å². The van der Waals surface area contributed by atoms with E-state index in [1.807, 2.05) is 74.6 Å². The van der Waals surface area contributed by atoms with Gasteiger partial charge in [-0.1, -0.05) is 18.2 Å². The van der Waals surface area contributed by atoms with Crippen LogP contribution >= 0.6 is 23.5 Å². The first kappa shape index (κ1) is 22.7. The van der Waals surface area contributed by atoms with E-state index >= 15 is 0 Å². The van der Waals surface area contributed by atoms with Crippen molar-refractivity contribution in [1.82, 2.24) is 5.32 Å². The molecule has 2 aromatic carbocycles. The van der Waals surface area contributed by atoms with Crippen molar-refractivity contribution in [3.8, 4) is 17.2 Å². The van der Waals surface area contributed by atoms with E-state index in [0.29, 0.717) is 35.0 Å². The summed E-state index contributed by atoms with van der Waals surface area (Å²) in [5.74, 6) is 4.34. The average molecular weight is 448 g/mol. The van der Waals surface area contributed by atoms with Gasteiger partial charge in [-0.2, -0.15) is 0 Å². The summed E-state index contributed by atoms with van der Waals surface area (Å²) < 4.78 is 17.4. The molecule has 0 unspecified atom stereocenters. The molecule has 1 aliphatic heterocycles. The topological polar surface area (TPSA) is 56.8 Å². The second-order valence-corrected chi connectivity index (χ2v) is 9.52. The molecule has 7 heteroatoms. The molecule has 0 spiro atoms. The molecule has 1 heterocycles. The van der Waals surface area contributed by atoms with Gasteiger partial charge in [0.05, 0.1) is 23.8 Å². The molecule has 5 nitrogen and oxygen atoms in total. The molecule has 0 bridgehead atoms. The first-order valence-corrected chi connectivity index (χ1v) is 12.3. The quantitative estimate of drug-likeness (QED) is 0.539. The fourth-order valence-corrected chi connectivity index (χ4v) is 5.98. The highest BCUT2D eigenvalue weighted by atomic mass is 32.2. The van der Waals surface area contributed by atoms with Crippen LogP contribution in [-0.2, 0) is 4.79 Å². The third kappa shape index (κ3) is 6.25. The molecular formula is C23H29NO4S2. The van der Waals surface area contributed by atoms with Crippen LogP contribution in [0.25, 0.3) is 0 Å². The van der Waals surface area contributed by atoms with Gasteiger partial charge in [-0.25, -0.2) is 0 Å². The molecule has 2 aromatic rings. The van der Waals surface area contributed by atoms with Crippen LogP contribution in [0.2, 0.25) is 0 Å². The van der Waals surface area contributed by atoms with Crippen LogP contribution < -0.4 is 19.5 Å². The van der Waals surface area contributed by atoms with E-state index in [0.717, 1.165) is 5.56 Å². The lowest BCUT2D eigenvalue weighted by Crippen LogP contribution is -2.31. The standard InChI is InChI=1S/C23H29NO4S2/c1-4-26-20-11-8-18(14-21(20)27-5-2)16(3)24-22(25)15-28-19-9-6-17(7-10-19)23-29-12-13-30-23/h6-11,14,16,23H,4-5,12-13,15H2,1-3H3,(H,24,25)/t16-/m0/s1. The fraction of sp³-hybridized carbons (Fsp3) is 0.435. The summed E-state index contributed by atoms with van der Waals surface area (Å²) >= 11 is 3.95. The summed E-state index contributed by atoms with van der Waals surface area (Å²) in [6.45, 7) is 6.91. The van der Waals surface area contributed by atoms with Crippen LogP contribution in [0.1, 0.15) is 42.5 Å². The fourth-order valence-electron chi connectivity index (χ4n) is 3.12. The zero-order chi connectivity index (χ0) is 21.3. The third-order valence-electron chi connectivity index (χ3n) is 4.59. The predicted molar refractivity (Wildman–Crippen MR) is 125 cm³/mol. The molecule has 0 aromatic heterocycles. The van der Waals surface area contributed by atoms with E-state index in [9.17, 15) is 4.79 Å². The van der Waals surface area contributed by atoms with Gasteiger partial charge in [-0.3, -0.25) is 4.79 Å². The van der Waals surface area contributed by atoms with E-state index in [1.165, 1.54) is 17.1 Å². The van der Waals surface area contributed by atoms with Crippen LogP contribution in [0.15, 0.2) is 42.5 Å². The molecular weight excluding hydrogens is 418 g/mol. The average Bonchev–Trinajstić information content (AvgIpc) is 3.29. The van der Waals surface area contributed by atoms with Gasteiger partial charge in [0.2, 0.25) is 0 Å². The zero-order valence-electron chi connectivity index (χ0n) is 17.7. The monoisotopic (exact) mass is 447 g/mol. The Morgan fingerprint density at radius 3 is 2.33 bits per heavy atom. The number of carbonyl (C=O) groups excluding carboxylic acids is 1. The Balaban J connectivity index is 1.52. The van der Waals surface area contributed by atoms with Crippen molar-refractivity contribution in [2.75, 3.05) is 31.3 Å². The maximum atomic E-state index is 12.4. The number of hydrogen-bond donors (Lipinski definition) is 1. The van der Waals surface area contributed by atoms with Crippen molar-refractivity contribution in [3.05, 3.63) is 53.6 Å². The molecule has 162 valence electrons. The Morgan fingerprint density at radius 1 is 1.00 bits per heavy atom. The van der Waals surface area contributed by atoms with E-state index in [4.69, 9.17) is 14.2 Å². The number of amides is 1. The van der Waals surface area contributed by atoms with Crippen LogP contribution in [0.4, 0.5) is 0 Å². The van der Waals surface area contributed by atoms with Gasteiger partial charge in [-0.05, 0) is 56.2 Å². The smallest absolute Gasteiger partial charge is 0.258 e. The lowest BCUT2D eigenvalue weighted by Gasteiger charge is -2.18. The lowest BCUT2D eigenvalue weighted by atomic mass is 10.1. The van der Waals surface area contributed by atoms with Crippen LogP contribution in [0.3, 0.4) is 0 Å². The first-order valence-electron chi connectivity index (χ1n) is 10.3. The summed E-state index contributed by atoms with van der Waals surface area (Å²) in [5.41, 5.74) is 2.25. The Labute approximate surface area is 187 Å². The van der Waals surface area contributed by atoms with Gasteiger partial charge in [0, 0.05) is 11.5 Å². The molecule has 1 amide bonds. The molecule has 1 N–H and O–H groups in total. The second kappa shape index (κ2) is 11.4. The zero-order valence-corrected chi connectivity index (χ0v) is 19.3. The van der Waals surface area contributed by atoms with E-state index in [2.05, 4.69) is 17.4 Å². The van der Waals surface area contributed by atoms with Gasteiger partial charge < -0.3 is 19.5 Å². The van der Waals surface area contributed by atoms with Gasteiger partial charge in [0.15, 0.2) is 18.1 Å². The SMILES string of the molecule is CCOc1ccc([C@H](C)NC(=O)COc2ccc(C3SCCS3)cc2)cc1OCC. The van der Waals surface area contributed by atoms with E-state index in [1.54, 1.807) is 0 Å². The summed E-state index contributed by atoms with van der Waals surface area (Å²) in [6.07, 6.45) is 0. The highest BCUT2D eigenvalue weighted by molar-refractivity contribution is 8.19. The minimum absolute atomic E-state index is 0.0219. The normalized spacial score (nSPS) is 14.9. The summed E-state index contributed by atoms with van der Waals surface area (Å²) in [6, 6.07) is 13.6. The van der Waals surface area contributed by atoms with Gasteiger partial charge in [-0.15, -0.1) is 23.5 Å². The van der Waals surface area contributed by atoms with Crippen LogP contribution in [-0.4, -0.2) is 37.2 Å². The molecule has 1 aliphatic rings. The Morgan fingerprint density at radius 2 is 1.67 bits per heavy atom. The Kier molecular flexibility index (Phi) is 8.63. The second-order valence-electron chi connectivity index (χ2n) is 6.79. The van der Waals surface area contributed by atoms with Crippen molar-refractivity contribution in [2.45, 2.75) is 31.4 Å². The number of benzene rings is 2. The van der Waals surface area contributed by atoms with Crippen molar-refractivity contribution in [2.24, 2.45) is 0 Å². The van der Waals surface area contributed by atoms with E-state index in [-0.39, 0.29) is 18.6 Å². The number of nitrogens with one attached hydrogen (secondary N) is 1. The van der Waals surface area contributed by atoms with Crippen molar-refractivity contribution in [3.63, 3.8) is 0 Å². The van der Waals surface area contributed by atoms with E-state index < -0.39 is 0 Å². The van der Waals surface area contributed by atoms with Gasteiger partial charge in [0.1, 0.15) is 5.75 Å². The summed E-state index contributed by atoms with van der Waals surface area (Å²) in [7, 11) is 0. The highest BCUT2D eigenvalue weighted by Gasteiger charge is 2.18. The lowest BCUT2D eigenvalue weighted by molar-refractivity contribution is -0.123. The van der Waals surface area contributed by atoms with Crippen LogP contribution in [0, 0.1) is 0 Å². The van der Waals surface area contributed by atoms with Crippen molar-refractivity contribution >= 4 is 29.4 Å². The molecule has 0 radical (unpaired) electrons. The summed E-state index contributed by atoms with van der Waals surface area (Å²) in [5, 5.41) is 2.98. The predicted octanol–water partition coefficient (Wildman–Crippen LogP) is 5.22. The maximum Gasteiger partial charge on any atom is 0.258 e. The number of rotatable bonds is 10. The number of carbonyl (C=O) groups is 1. The molecule has 1 fully saturated rings. The third-order valence-corrected chi connectivity index (χ3v) is 7.69. The molecule has 0 saturated carbocycles. The highest BCUT2D eigenvalue weighted by Crippen LogP contribution is 2.45.